The van der Waals surface area contributed by atoms with E-state index in [4.69, 9.17) is 5.73 Å². The van der Waals surface area contributed by atoms with Crippen molar-refractivity contribution in [2.75, 3.05) is 6.54 Å². The lowest BCUT2D eigenvalue weighted by Crippen LogP contribution is -2.49. The number of allylic oxidation sites excluding steroid dienone is 2. The van der Waals surface area contributed by atoms with Gasteiger partial charge in [-0.1, -0.05) is 32.9 Å². The van der Waals surface area contributed by atoms with Crippen LogP contribution in [0.4, 0.5) is 0 Å². The first-order valence-corrected chi connectivity index (χ1v) is 6.09. The van der Waals surface area contributed by atoms with Crippen LogP contribution in [-0.2, 0) is 4.79 Å². The average Bonchev–Trinajstić information content (AvgIpc) is 2.25. The Bertz CT molecular complexity index is 266. The molecule has 0 aliphatic heterocycles. The van der Waals surface area contributed by atoms with Gasteiger partial charge in [0, 0.05) is 6.54 Å². The van der Waals surface area contributed by atoms with Crippen molar-refractivity contribution in [3.05, 3.63) is 12.2 Å². The van der Waals surface area contributed by atoms with Crippen LogP contribution in [0, 0.1) is 11.3 Å². The van der Waals surface area contributed by atoms with Crippen molar-refractivity contribution in [3.63, 3.8) is 0 Å². The van der Waals surface area contributed by atoms with Gasteiger partial charge >= 0.3 is 0 Å². The molecule has 0 radical (unpaired) electrons. The summed E-state index contributed by atoms with van der Waals surface area (Å²) in [4.78, 5) is 11.8. The first-order valence-electron chi connectivity index (χ1n) is 6.09. The molecule has 0 aromatic carbocycles. The smallest absolute Gasteiger partial charge is 0.237 e. The molecule has 0 saturated carbocycles. The van der Waals surface area contributed by atoms with Crippen LogP contribution in [0.25, 0.3) is 0 Å². The van der Waals surface area contributed by atoms with E-state index in [-0.39, 0.29) is 11.3 Å². The van der Waals surface area contributed by atoms with Gasteiger partial charge in [-0.3, -0.25) is 4.79 Å². The van der Waals surface area contributed by atoms with Crippen LogP contribution in [0.2, 0.25) is 0 Å². The van der Waals surface area contributed by atoms with Gasteiger partial charge in [0.1, 0.15) is 0 Å². The second kappa shape index (κ2) is 5.48. The van der Waals surface area contributed by atoms with Gasteiger partial charge in [-0.25, -0.2) is 0 Å². The minimum absolute atomic E-state index is 0.0259. The first-order chi connectivity index (χ1) is 7.41. The number of nitrogens with one attached hydrogen (secondary N) is 1. The van der Waals surface area contributed by atoms with Crippen molar-refractivity contribution in [2.24, 2.45) is 17.1 Å². The van der Waals surface area contributed by atoms with Crippen LogP contribution in [0.3, 0.4) is 0 Å². The highest BCUT2D eigenvalue weighted by Gasteiger charge is 2.27. The average molecular weight is 224 g/mol. The summed E-state index contributed by atoms with van der Waals surface area (Å²) in [7, 11) is 0. The van der Waals surface area contributed by atoms with E-state index in [2.05, 4.69) is 17.5 Å². The molecule has 0 saturated heterocycles. The largest absolute Gasteiger partial charge is 0.354 e. The van der Waals surface area contributed by atoms with Crippen LogP contribution < -0.4 is 11.1 Å². The Labute approximate surface area is 98.5 Å². The molecule has 1 amide bonds. The maximum absolute atomic E-state index is 11.8. The molecule has 0 fully saturated rings. The van der Waals surface area contributed by atoms with Gasteiger partial charge < -0.3 is 11.1 Å². The summed E-state index contributed by atoms with van der Waals surface area (Å²) in [5.41, 5.74) is 5.71. The summed E-state index contributed by atoms with van der Waals surface area (Å²) in [6, 6.07) is -0.424. The standard InChI is InChI=1S/C13H24N2O/c1-13(2,3)11(14)12(16)15-9-10-7-5-4-6-8-10/h4-5,10-11H,6-9,14H2,1-3H3,(H,15,16)/t10?,11-/m0/s1. The fraction of sp³-hybridized carbons (Fsp3) is 0.769. The number of nitrogens with two attached hydrogens (primary N) is 1. The fourth-order valence-electron chi connectivity index (χ4n) is 1.79. The summed E-state index contributed by atoms with van der Waals surface area (Å²) in [5.74, 6) is 0.558. The van der Waals surface area contributed by atoms with E-state index in [0.717, 1.165) is 19.4 Å². The lowest BCUT2D eigenvalue weighted by atomic mass is 9.86. The summed E-state index contributed by atoms with van der Waals surface area (Å²) in [5, 5.41) is 2.96. The van der Waals surface area contributed by atoms with Crippen molar-refractivity contribution in [2.45, 2.75) is 46.1 Å². The van der Waals surface area contributed by atoms with E-state index in [9.17, 15) is 4.79 Å². The van der Waals surface area contributed by atoms with Crippen molar-refractivity contribution in [1.82, 2.24) is 5.32 Å². The minimum Gasteiger partial charge on any atom is -0.354 e. The van der Waals surface area contributed by atoms with Gasteiger partial charge in [0.05, 0.1) is 6.04 Å². The van der Waals surface area contributed by atoms with E-state index >= 15 is 0 Å². The van der Waals surface area contributed by atoms with Crippen LogP contribution in [0.5, 0.6) is 0 Å². The van der Waals surface area contributed by atoms with Gasteiger partial charge in [0.25, 0.3) is 0 Å². The third-order valence-corrected chi connectivity index (χ3v) is 3.16. The third kappa shape index (κ3) is 3.97. The Morgan fingerprint density at radius 1 is 1.50 bits per heavy atom. The SMILES string of the molecule is CC(C)(C)[C@@H](N)C(=O)NCC1CC=CCC1. The van der Waals surface area contributed by atoms with Gasteiger partial charge in [0.15, 0.2) is 0 Å². The molecule has 0 aromatic rings. The molecule has 3 N–H and O–H groups in total. The quantitative estimate of drug-likeness (QED) is 0.719. The molecule has 3 heteroatoms. The normalized spacial score (nSPS) is 22.9. The Hall–Kier alpha value is -0.830. The van der Waals surface area contributed by atoms with Crippen LogP contribution in [0.1, 0.15) is 40.0 Å². The lowest BCUT2D eigenvalue weighted by Gasteiger charge is -2.27. The highest BCUT2D eigenvalue weighted by Crippen LogP contribution is 2.19. The Balaban J connectivity index is 2.32. The molecule has 3 nitrogen and oxygen atoms in total. The Morgan fingerprint density at radius 3 is 2.69 bits per heavy atom. The molecule has 1 aliphatic carbocycles. The second-order valence-corrected chi connectivity index (χ2v) is 5.74. The summed E-state index contributed by atoms with van der Waals surface area (Å²) >= 11 is 0. The van der Waals surface area contributed by atoms with Crippen molar-refractivity contribution < 1.29 is 4.79 Å². The number of hydrogen-bond donors (Lipinski definition) is 2. The van der Waals surface area contributed by atoms with Crippen LogP contribution >= 0.6 is 0 Å². The summed E-state index contributed by atoms with van der Waals surface area (Å²) in [6.45, 7) is 6.72. The van der Waals surface area contributed by atoms with Crippen molar-refractivity contribution >= 4 is 5.91 Å². The van der Waals surface area contributed by atoms with Crippen molar-refractivity contribution in [3.8, 4) is 0 Å². The molecule has 16 heavy (non-hydrogen) atoms. The molecule has 1 rings (SSSR count). The second-order valence-electron chi connectivity index (χ2n) is 5.74. The molecule has 0 spiro atoms. The summed E-state index contributed by atoms with van der Waals surface area (Å²) in [6.07, 6.45) is 7.78. The van der Waals surface area contributed by atoms with E-state index in [1.165, 1.54) is 6.42 Å². The lowest BCUT2D eigenvalue weighted by molar-refractivity contribution is -0.124. The molecule has 0 bridgehead atoms. The predicted molar refractivity (Wildman–Crippen MR) is 66.9 cm³/mol. The van der Waals surface area contributed by atoms with E-state index in [0.29, 0.717) is 5.92 Å². The van der Waals surface area contributed by atoms with Gasteiger partial charge in [0.2, 0.25) is 5.91 Å². The third-order valence-electron chi connectivity index (χ3n) is 3.16. The molecule has 0 aromatic heterocycles. The molecular weight excluding hydrogens is 200 g/mol. The van der Waals surface area contributed by atoms with E-state index < -0.39 is 6.04 Å². The molecule has 0 heterocycles. The monoisotopic (exact) mass is 224 g/mol. The fourth-order valence-corrected chi connectivity index (χ4v) is 1.79. The molecule has 1 unspecified atom stereocenters. The number of rotatable bonds is 3. The zero-order valence-corrected chi connectivity index (χ0v) is 10.6. The van der Waals surface area contributed by atoms with E-state index in [1.807, 2.05) is 20.8 Å². The summed E-state index contributed by atoms with van der Waals surface area (Å²) < 4.78 is 0. The number of hydrogen-bond acceptors (Lipinski definition) is 2. The first kappa shape index (κ1) is 13.2. The topological polar surface area (TPSA) is 55.1 Å². The highest BCUT2D eigenvalue weighted by molar-refractivity contribution is 5.82. The van der Waals surface area contributed by atoms with Crippen LogP contribution in [-0.4, -0.2) is 18.5 Å². The Morgan fingerprint density at radius 2 is 2.19 bits per heavy atom. The van der Waals surface area contributed by atoms with Crippen molar-refractivity contribution in [1.29, 1.82) is 0 Å². The van der Waals surface area contributed by atoms with E-state index in [1.54, 1.807) is 0 Å². The molecular formula is C13H24N2O. The highest BCUT2D eigenvalue weighted by atomic mass is 16.2. The zero-order valence-electron chi connectivity index (χ0n) is 10.6. The zero-order chi connectivity index (χ0) is 12.2. The van der Waals surface area contributed by atoms with Gasteiger partial charge in [-0.2, -0.15) is 0 Å². The maximum atomic E-state index is 11.8. The maximum Gasteiger partial charge on any atom is 0.237 e. The van der Waals surface area contributed by atoms with Gasteiger partial charge in [-0.15, -0.1) is 0 Å². The molecule has 1 aliphatic rings. The predicted octanol–water partition coefficient (Wildman–Crippen LogP) is 1.83. The number of carbonyl (C=O) groups excluding carboxylic acids is 1. The minimum atomic E-state index is -0.424. The molecule has 92 valence electrons. The van der Waals surface area contributed by atoms with Crippen LogP contribution in [0.15, 0.2) is 12.2 Å². The number of amides is 1. The van der Waals surface area contributed by atoms with Gasteiger partial charge in [-0.05, 0) is 30.6 Å². The molecule has 2 atom stereocenters. The Kier molecular flexibility index (Phi) is 4.54. The number of carbonyl (C=O) groups is 1.